The van der Waals surface area contributed by atoms with Gasteiger partial charge in [-0.1, -0.05) is 6.58 Å². The fourth-order valence-corrected chi connectivity index (χ4v) is 5.17. The molecule has 0 aliphatic carbocycles. The van der Waals surface area contributed by atoms with Crippen LogP contribution in [-0.2, 0) is 23.9 Å². The van der Waals surface area contributed by atoms with E-state index in [0.717, 1.165) is 73.1 Å². The SMILES string of the molecule is C=C1NC2=NCCCc3cn(C(C)(C)C)c(c32)N1.CC(C)(C)n1cc2c3c([nH]c(=O)nc31)NCCC2. The lowest BCUT2D eigenvalue weighted by molar-refractivity contribution is 0.402. The zero-order valence-electron chi connectivity index (χ0n) is 22.3. The first kappa shape index (κ1) is 24.2. The molecule has 0 saturated carbocycles. The van der Waals surface area contributed by atoms with Crippen molar-refractivity contribution in [2.45, 2.75) is 78.3 Å². The molecule has 0 aromatic carbocycles. The van der Waals surface area contributed by atoms with Crippen LogP contribution >= 0.6 is 0 Å². The number of amidine groups is 1. The summed E-state index contributed by atoms with van der Waals surface area (Å²) in [6.07, 6.45) is 8.69. The summed E-state index contributed by atoms with van der Waals surface area (Å²) in [7, 11) is 0. The van der Waals surface area contributed by atoms with E-state index in [2.05, 4.69) is 101 Å². The van der Waals surface area contributed by atoms with Crippen LogP contribution in [0.25, 0.3) is 11.0 Å². The molecule has 3 aliphatic rings. The third-order valence-electron chi connectivity index (χ3n) is 6.85. The lowest BCUT2D eigenvalue weighted by Gasteiger charge is -2.29. The van der Waals surface area contributed by atoms with E-state index < -0.39 is 0 Å². The minimum Gasteiger partial charge on any atom is -0.371 e. The van der Waals surface area contributed by atoms with Crippen LogP contribution in [0.15, 0.2) is 34.6 Å². The van der Waals surface area contributed by atoms with Crippen molar-refractivity contribution in [1.29, 1.82) is 0 Å². The van der Waals surface area contributed by atoms with Gasteiger partial charge in [0.25, 0.3) is 0 Å². The summed E-state index contributed by atoms with van der Waals surface area (Å²) in [6, 6.07) is 0. The van der Waals surface area contributed by atoms with Crippen LogP contribution < -0.4 is 21.6 Å². The van der Waals surface area contributed by atoms with Gasteiger partial charge in [0.05, 0.1) is 10.9 Å². The van der Waals surface area contributed by atoms with Gasteiger partial charge in [0, 0.05) is 36.6 Å². The second kappa shape index (κ2) is 8.57. The van der Waals surface area contributed by atoms with Crippen molar-refractivity contribution >= 4 is 28.5 Å². The Labute approximate surface area is 212 Å². The van der Waals surface area contributed by atoms with E-state index in [9.17, 15) is 4.79 Å². The topological polar surface area (TPSA) is 104 Å². The molecule has 4 N–H and O–H groups in total. The maximum Gasteiger partial charge on any atom is 0.348 e. The number of hydrogen-bond donors (Lipinski definition) is 4. The average molecular weight is 491 g/mol. The van der Waals surface area contributed by atoms with Gasteiger partial charge in [-0.15, -0.1) is 0 Å². The van der Waals surface area contributed by atoms with Gasteiger partial charge in [-0.2, -0.15) is 4.98 Å². The monoisotopic (exact) mass is 490 g/mol. The molecule has 0 amide bonds. The highest BCUT2D eigenvalue weighted by Crippen LogP contribution is 2.34. The van der Waals surface area contributed by atoms with Gasteiger partial charge in [-0.05, 0) is 78.4 Å². The first-order valence-electron chi connectivity index (χ1n) is 12.8. The lowest BCUT2D eigenvalue weighted by atomic mass is 10.1. The molecule has 0 radical (unpaired) electrons. The van der Waals surface area contributed by atoms with Crippen molar-refractivity contribution in [2.24, 2.45) is 4.99 Å². The molecule has 9 heteroatoms. The van der Waals surface area contributed by atoms with E-state index in [4.69, 9.17) is 0 Å². The Morgan fingerprint density at radius 1 is 0.944 bits per heavy atom. The molecule has 3 aromatic rings. The number of aromatic nitrogens is 4. The number of hydrogen-bond acceptors (Lipinski definition) is 6. The lowest BCUT2D eigenvalue weighted by Crippen LogP contribution is -2.35. The van der Waals surface area contributed by atoms with Crippen LogP contribution in [0.1, 0.15) is 71.1 Å². The molecule has 0 spiro atoms. The van der Waals surface area contributed by atoms with Crippen LogP contribution in [0, 0.1) is 0 Å². The highest BCUT2D eigenvalue weighted by molar-refractivity contribution is 6.07. The molecule has 6 rings (SSSR count). The van der Waals surface area contributed by atoms with E-state index in [0.29, 0.717) is 0 Å². The van der Waals surface area contributed by atoms with Crippen molar-refractivity contribution in [2.75, 3.05) is 23.7 Å². The highest BCUT2D eigenvalue weighted by atomic mass is 16.1. The van der Waals surface area contributed by atoms with Crippen molar-refractivity contribution in [1.82, 2.24) is 24.4 Å². The molecule has 9 nitrogen and oxygen atoms in total. The van der Waals surface area contributed by atoms with Crippen molar-refractivity contribution in [3.8, 4) is 0 Å². The molecule has 3 aromatic heterocycles. The van der Waals surface area contributed by atoms with Crippen LogP contribution in [0.5, 0.6) is 0 Å². The number of aromatic amines is 1. The Balaban J connectivity index is 0.000000148. The summed E-state index contributed by atoms with van der Waals surface area (Å²) in [5.41, 5.74) is 4.35. The largest absolute Gasteiger partial charge is 0.371 e. The molecule has 6 heterocycles. The molecule has 192 valence electrons. The number of anilines is 2. The normalized spacial score (nSPS) is 16.9. The number of nitrogens with zero attached hydrogens (tertiary/aromatic N) is 4. The van der Waals surface area contributed by atoms with Gasteiger partial charge >= 0.3 is 5.69 Å². The average Bonchev–Trinajstić information content (AvgIpc) is 3.16. The zero-order valence-corrected chi connectivity index (χ0v) is 22.3. The van der Waals surface area contributed by atoms with Crippen molar-refractivity contribution in [3.63, 3.8) is 0 Å². The fourth-order valence-electron chi connectivity index (χ4n) is 5.17. The Kier molecular flexibility index (Phi) is 5.76. The van der Waals surface area contributed by atoms with Gasteiger partial charge in [0.15, 0.2) is 0 Å². The van der Waals surface area contributed by atoms with E-state index in [1.165, 1.54) is 16.7 Å². The summed E-state index contributed by atoms with van der Waals surface area (Å²) in [5, 5.41) is 11.0. The molecule has 0 bridgehead atoms. The Hall–Kier alpha value is -3.49. The van der Waals surface area contributed by atoms with Gasteiger partial charge in [-0.25, -0.2) is 4.79 Å². The number of H-pyrrole nitrogens is 1. The van der Waals surface area contributed by atoms with Crippen LogP contribution in [-0.4, -0.2) is 38.0 Å². The van der Waals surface area contributed by atoms with Gasteiger partial charge < -0.3 is 25.1 Å². The number of aliphatic imine (C=N–C) groups is 1. The second-order valence-corrected chi connectivity index (χ2v) is 11.8. The number of aryl methyl sites for hydroxylation is 2. The fraction of sp³-hybridized carbons (Fsp3) is 0.519. The van der Waals surface area contributed by atoms with E-state index >= 15 is 0 Å². The molecular formula is C27H38N8O. The number of nitrogens with one attached hydrogen (secondary N) is 4. The summed E-state index contributed by atoms with van der Waals surface area (Å²) in [5.74, 6) is 3.73. The summed E-state index contributed by atoms with van der Waals surface area (Å²) in [6.45, 7) is 18.8. The minimum absolute atomic E-state index is 0.0528. The van der Waals surface area contributed by atoms with Gasteiger partial charge in [-0.3, -0.25) is 9.98 Å². The number of rotatable bonds is 0. The van der Waals surface area contributed by atoms with Crippen molar-refractivity contribution in [3.05, 3.63) is 52.0 Å². The molecule has 0 saturated heterocycles. The van der Waals surface area contributed by atoms with Crippen LogP contribution in [0.4, 0.5) is 11.6 Å². The molecule has 3 aliphatic heterocycles. The predicted octanol–water partition coefficient (Wildman–Crippen LogP) is 4.26. The molecule has 0 fully saturated rings. The molecule has 0 unspecified atom stereocenters. The maximum atomic E-state index is 11.7. The third-order valence-corrected chi connectivity index (χ3v) is 6.85. The summed E-state index contributed by atoms with van der Waals surface area (Å²) >= 11 is 0. The Morgan fingerprint density at radius 2 is 1.64 bits per heavy atom. The predicted molar refractivity (Wildman–Crippen MR) is 147 cm³/mol. The first-order valence-corrected chi connectivity index (χ1v) is 12.8. The third kappa shape index (κ3) is 4.31. The van der Waals surface area contributed by atoms with E-state index in [-0.39, 0.29) is 16.8 Å². The summed E-state index contributed by atoms with van der Waals surface area (Å²) in [4.78, 5) is 23.3. The van der Waals surface area contributed by atoms with Crippen molar-refractivity contribution < 1.29 is 0 Å². The zero-order chi connectivity index (χ0) is 25.8. The maximum absolute atomic E-state index is 11.7. The standard InChI is InChI=1S/C14H20N4.C13H18N4O/c1-9-16-12-11-10(6-5-7-15-12)8-18(13(11)17-9)14(2,3)4;1-13(2,3)17-7-8-5-4-6-14-10-9(8)11(17)16-12(18)15-10/h8,17H,1,5-7H2,2-4H3,(H,15,16);7H,4-6H2,1-3H3,(H2,14,15,16,18). The molecular weight excluding hydrogens is 452 g/mol. The smallest absolute Gasteiger partial charge is 0.348 e. The Bertz CT molecular complexity index is 1420. The van der Waals surface area contributed by atoms with Gasteiger partial charge in [0.1, 0.15) is 28.9 Å². The highest BCUT2D eigenvalue weighted by Gasteiger charge is 2.30. The molecule has 36 heavy (non-hydrogen) atoms. The van der Waals surface area contributed by atoms with E-state index in [1.807, 2.05) is 0 Å². The van der Waals surface area contributed by atoms with Crippen LogP contribution in [0.2, 0.25) is 0 Å². The second-order valence-electron chi connectivity index (χ2n) is 11.8. The summed E-state index contributed by atoms with van der Waals surface area (Å²) < 4.78 is 4.40. The van der Waals surface area contributed by atoms with Crippen LogP contribution in [0.3, 0.4) is 0 Å². The quantitative estimate of drug-likeness (QED) is 0.377. The minimum atomic E-state index is -0.290. The van der Waals surface area contributed by atoms with E-state index in [1.54, 1.807) is 0 Å². The Morgan fingerprint density at radius 3 is 2.36 bits per heavy atom. The van der Waals surface area contributed by atoms with Gasteiger partial charge in [0.2, 0.25) is 0 Å². The molecule has 0 atom stereocenters. The first-order chi connectivity index (χ1) is 16.9.